The van der Waals surface area contributed by atoms with E-state index in [1.165, 1.54) is 0 Å². The number of alkyl halides is 17. The number of hydrogen-bond acceptors (Lipinski definition) is 4. The van der Waals surface area contributed by atoms with Crippen molar-refractivity contribution >= 4 is 34.4 Å². The molecule has 23 heteroatoms. The van der Waals surface area contributed by atoms with E-state index < -0.39 is 129 Å². The van der Waals surface area contributed by atoms with E-state index in [2.05, 4.69) is 0 Å². The van der Waals surface area contributed by atoms with Crippen LogP contribution in [-0.4, -0.2) is 88.2 Å². The molecule has 4 rings (SSSR count). The Morgan fingerprint density at radius 2 is 0.754 bits per heavy atom. The quantitative estimate of drug-likeness (QED) is 0.0710. The van der Waals surface area contributed by atoms with Gasteiger partial charge in [0, 0.05) is 46.1 Å². The summed E-state index contributed by atoms with van der Waals surface area (Å²) in [6.45, 7) is 2.54. The van der Waals surface area contributed by atoms with Crippen molar-refractivity contribution in [3.63, 3.8) is 0 Å². The fourth-order valence-corrected chi connectivity index (χ4v) is 7.16. The zero-order valence-electron chi connectivity index (χ0n) is 32.1. The van der Waals surface area contributed by atoms with Crippen LogP contribution in [0.4, 0.5) is 74.6 Å². The van der Waals surface area contributed by atoms with Gasteiger partial charge in [-0.05, 0) is 31.0 Å². The predicted molar refractivity (Wildman–Crippen MR) is 181 cm³/mol. The molecular weight excluding hydrogens is 871 g/mol. The monoisotopic (exact) mass is 908 g/mol. The Morgan fingerprint density at radius 1 is 0.410 bits per heavy atom. The molecular formula is C38H37F17N2O4. The number of amides is 4. The first-order chi connectivity index (χ1) is 27.9. The molecule has 0 saturated heterocycles. The number of halogens is 17. The SMILES string of the molecule is CCCCCCCCN1C(=O)c2ccc3c4c(c(C(F)(F)C(F)(F)C(F)(F)C(F)(F)C(F)(F)C(F)(F)C(F)(F)C(F)(F)F)cc(c24)C1=O)C(=O)N(CCCCCCCC)C3=O. The van der Waals surface area contributed by atoms with E-state index in [0.29, 0.717) is 43.1 Å². The number of benzene rings is 2. The number of unbranched alkanes of at least 4 members (excludes halogenated alkanes) is 10. The Hall–Kier alpha value is -4.21. The van der Waals surface area contributed by atoms with Crippen molar-refractivity contribution in [2.75, 3.05) is 13.1 Å². The summed E-state index contributed by atoms with van der Waals surface area (Å²) in [6, 6.07) is 1.14. The van der Waals surface area contributed by atoms with Gasteiger partial charge in [0.15, 0.2) is 0 Å². The Balaban J connectivity index is 1.97. The van der Waals surface area contributed by atoms with Crippen LogP contribution >= 0.6 is 0 Å². The van der Waals surface area contributed by atoms with Crippen LogP contribution in [0.25, 0.3) is 10.8 Å². The van der Waals surface area contributed by atoms with Crippen molar-refractivity contribution in [3.05, 3.63) is 46.0 Å². The molecule has 0 radical (unpaired) electrons. The highest BCUT2D eigenvalue weighted by Crippen LogP contribution is 2.65. The summed E-state index contributed by atoms with van der Waals surface area (Å²) >= 11 is 0. The molecule has 2 aliphatic rings. The van der Waals surface area contributed by atoms with Crippen LogP contribution < -0.4 is 0 Å². The normalized spacial score (nSPS) is 16.1. The van der Waals surface area contributed by atoms with E-state index in [1.807, 2.05) is 13.8 Å². The molecule has 2 aromatic carbocycles. The number of rotatable bonds is 21. The summed E-state index contributed by atoms with van der Waals surface area (Å²) in [5.41, 5.74) is -7.68. The zero-order valence-corrected chi connectivity index (χ0v) is 32.1. The van der Waals surface area contributed by atoms with E-state index in [4.69, 9.17) is 0 Å². The molecule has 2 heterocycles. The maximum absolute atomic E-state index is 16.3. The van der Waals surface area contributed by atoms with Crippen LogP contribution in [0.1, 0.15) is 138 Å². The Labute approximate surface area is 335 Å². The molecule has 0 fully saturated rings. The molecule has 2 aliphatic heterocycles. The van der Waals surface area contributed by atoms with Gasteiger partial charge in [0.1, 0.15) is 0 Å². The van der Waals surface area contributed by atoms with Gasteiger partial charge in [0.05, 0.1) is 5.56 Å². The number of nitrogens with zero attached hydrogens (tertiary/aromatic N) is 2. The third-order valence-electron chi connectivity index (χ3n) is 10.7. The third kappa shape index (κ3) is 7.59. The maximum Gasteiger partial charge on any atom is 0.460 e. The Kier molecular flexibility index (Phi) is 13.6. The highest BCUT2D eigenvalue weighted by molar-refractivity contribution is 6.33. The summed E-state index contributed by atoms with van der Waals surface area (Å²) in [7, 11) is 0. The van der Waals surface area contributed by atoms with Crippen molar-refractivity contribution < 1.29 is 93.8 Å². The van der Waals surface area contributed by atoms with Gasteiger partial charge in [0.25, 0.3) is 23.6 Å². The van der Waals surface area contributed by atoms with E-state index in [-0.39, 0.29) is 24.2 Å². The van der Waals surface area contributed by atoms with Gasteiger partial charge in [-0.2, -0.15) is 74.6 Å². The molecule has 0 N–H and O–H groups in total. The number of carbonyl (C=O) groups is 4. The maximum atomic E-state index is 16.3. The third-order valence-corrected chi connectivity index (χ3v) is 10.7. The summed E-state index contributed by atoms with van der Waals surface area (Å²) in [5.74, 6) is -65.3. The van der Waals surface area contributed by atoms with Crippen molar-refractivity contribution in [2.24, 2.45) is 0 Å². The van der Waals surface area contributed by atoms with Gasteiger partial charge in [-0.25, -0.2) is 0 Å². The molecule has 0 aromatic heterocycles. The van der Waals surface area contributed by atoms with E-state index in [0.717, 1.165) is 31.7 Å². The number of carbonyl (C=O) groups excluding carboxylic acids is 4. The zero-order chi connectivity index (χ0) is 46.5. The van der Waals surface area contributed by atoms with Crippen molar-refractivity contribution in [1.82, 2.24) is 9.80 Å². The second kappa shape index (κ2) is 16.8. The second-order valence-electron chi connectivity index (χ2n) is 14.8. The first kappa shape index (κ1) is 49.4. The van der Waals surface area contributed by atoms with Crippen LogP contribution in [0.2, 0.25) is 0 Å². The van der Waals surface area contributed by atoms with Gasteiger partial charge in [-0.3, -0.25) is 29.0 Å². The second-order valence-corrected chi connectivity index (χ2v) is 14.8. The lowest BCUT2D eigenvalue weighted by molar-refractivity contribution is -0.462. The molecule has 342 valence electrons. The number of imide groups is 2. The molecule has 4 amide bonds. The van der Waals surface area contributed by atoms with Crippen LogP contribution in [0.3, 0.4) is 0 Å². The highest BCUT2D eigenvalue weighted by Gasteiger charge is 2.95. The van der Waals surface area contributed by atoms with Crippen LogP contribution in [-0.2, 0) is 5.92 Å². The first-order valence-corrected chi connectivity index (χ1v) is 19.0. The molecule has 2 aromatic rings. The summed E-state index contributed by atoms with van der Waals surface area (Å²) in [4.78, 5) is 55.5. The average Bonchev–Trinajstić information content (AvgIpc) is 3.16. The van der Waals surface area contributed by atoms with Crippen LogP contribution in [0.15, 0.2) is 18.2 Å². The summed E-state index contributed by atoms with van der Waals surface area (Å²) in [6.07, 6.45) is -1.94. The molecule has 0 unspecified atom stereocenters. The molecule has 0 atom stereocenters. The first-order valence-electron chi connectivity index (χ1n) is 19.0. The minimum atomic E-state index is -8.90. The standard InChI is InChI=1S/C38H37F17N2O4/c1-3-5-7-9-11-13-17-56-27(58)20-15-16-21-25-24(20)22(29(56)60)19-23(26(25)30(61)57(28(21)59)18-14-12-10-8-6-4-2)31(39,40)32(41,42)33(43,44)34(45,46)35(47,48)36(49,50)37(51,52)38(53,54)55/h15-16,19H,3-14,17-18H2,1-2H3. The van der Waals surface area contributed by atoms with E-state index in [9.17, 15) is 67.5 Å². The topological polar surface area (TPSA) is 74.8 Å². The van der Waals surface area contributed by atoms with Crippen molar-refractivity contribution in [3.8, 4) is 0 Å². The largest absolute Gasteiger partial charge is 0.460 e. The average molecular weight is 909 g/mol. The predicted octanol–water partition coefficient (Wildman–Crippen LogP) is 12.2. The van der Waals surface area contributed by atoms with Gasteiger partial charge in [-0.15, -0.1) is 0 Å². The fraction of sp³-hybridized carbons (Fsp3) is 0.632. The van der Waals surface area contributed by atoms with Gasteiger partial charge in [0.2, 0.25) is 0 Å². The minimum absolute atomic E-state index is 0.0365. The number of hydrogen-bond donors (Lipinski definition) is 0. The molecule has 0 aliphatic carbocycles. The lowest BCUT2D eigenvalue weighted by atomic mass is 9.79. The van der Waals surface area contributed by atoms with Gasteiger partial charge < -0.3 is 0 Å². The fourth-order valence-electron chi connectivity index (χ4n) is 7.16. The van der Waals surface area contributed by atoms with Crippen LogP contribution in [0, 0.1) is 0 Å². The summed E-state index contributed by atoms with van der Waals surface area (Å²) < 4.78 is 245. The summed E-state index contributed by atoms with van der Waals surface area (Å²) in [5, 5.41) is -2.12. The molecule has 61 heavy (non-hydrogen) atoms. The lowest BCUT2D eigenvalue weighted by Gasteiger charge is -2.43. The molecule has 0 saturated carbocycles. The van der Waals surface area contributed by atoms with Crippen molar-refractivity contribution in [2.45, 2.75) is 139 Å². The Bertz CT molecular complexity index is 2030. The Morgan fingerprint density at radius 3 is 1.18 bits per heavy atom. The highest BCUT2D eigenvalue weighted by atomic mass is 19.4. The van der Waals surface area contributed by atoms with E-state index in [1.54, 1.807) is 0 Å². The van der Waals surface area contributed by atoms with E-state index >= 15 is 26.3 Å². The van der Waals surface area contributed by atoms with Gasteiger partial charge >= 0.3 is 47.6 Å². The smallest absolute Gasteiger partial charge is 0.274 e. The van der Waals surface area contributed by atoms with Crippen LogP contribution in [0.5, 0.6) is 0 Å². The van der Waals surface area contributed by atoms with Crippen molar-refractivity contribution in [1.29, 1.82) is 0 Å². The minimum Gasteiger partial charge on any atom is -0.274 e. The molecule has 0 bridgehead atoms. The molecule has 6 nitrogen and oxygen atoms in total. The lowest BCUT2D eigenvalue weighted by Crippen LogP contribution is -2.74. The molecule has 0 spiro atoms. The van der Waals surface area contributed by atoms with Gasteiger partial charge in [-0.1, -0.05) is 78.1 Å².